The molecular weight excluding hydrogens is 274 g/mol. The Bertz CT molecular complexity index is 520. The van der Waals surface area contributed by atoms with Crippen molar-refractivity contribution < 1.29 is 8.42 Å². The molecule has 3 N–H and O–H groups in total. The molecule has 1 aromatic heterocycles. The van der Waals surface area contributed by atoms with Crippen LogP contribution in [0.1, 0.15) is 38.3 Å². The van der Waals surface area contributed by atoms with Crippen LogP contribution in [0.2, 0.25) is 0 Å². The molecular formula is C14H23N3O2S. The van der Waals surface area contributed by atoms with E-state index >= 15 is 0 Å². The van der Waals surface area contributed by atoms with Gasteiger partial charge in [-0.15, -0.1) is 0 Å². The fourth-order valence-corrected chi connectivity index (χ4v) is 3.60. The van der Waals surface area contributed by atoms with Gasteiger partial charge in [0, 0.05) is 19.3 Å². The van der Waals surface area contributed by atoms with Gasteiger partial charge < -0.3 is 5.73 Å². The fraction of sp³-hybridized carbons (Fsp3) is 0.643. The highest BCUT2D eigenvalue weighted by Crippen LogP contribution is 2.27. The highest BCUT2D eigenvalue weighted by molar-refractivity contribution is 7.89. The van der Waals surface area contributed by atoms with Gasteiger partial charge >= 0.3 is 0 Å². The van der Waals surface area contributed by atoms with Gasteiger partial charge in [0.15, 0.2) is 0 Å². The molecule has 5 nitrogen and oxygen atoms in total. The van der Waals surface area contributed by atoms with Crippen LogP contribution in [0.25, 0.3) is 0 Å². The average molecular weight is 297 g/mol. The zero-order chi connectivity index (χ0) is 14.6. The SMILES string of the molecule is CC1CCC(CNS(=O)(=O)c2ccc(CN)nc2)CC1. The maximum absolute atomic E-state index is 12.2. The predicted molar refractivity (Wildman–Crippen MR) is 78.4 cm³/mol. The van der Waals surface area contributed by atoms with Crippen molar-refractivity contribution in [3.8, 4) is 0 Å². The van der Waals surface area contributed by atoms with E-state index < -0.39 is 10.0 Å². The van der Waals surface area contributed by atoms with Gasteiger partial charge in [-0.25, -0.2) is 13.1 Å². The van der Waals surface area contributed by atoms with Crippen molar-refractivity contribution in [1.29, 1.82) is 0 Å². The summed E-state index contributed by atoms with van der Waals surface area (Å²) in [5.41, 5.74) is 6.13. The minimum Gasteiger partial charge on any atom is -0.325 e. The van der Waals surface area contributed by atoms with Crippen LogP contribution in [0.5, 0.6) is 0 Å². The molecule has 0 spiro atoms. The molecule has 0 aromatic carbocycles. The molecule has 0 saturated heterocycles. The second kappa shape index (κ2) is 6.65. The van der Waals surface area contributed by atoms with Crippen molar-refractivity contribution in [3.63, 3.8) is 0 Å². The Balaban J connectivity index is 1.93. The molecule has 1 aliphatic carbocycles. The van der Waals surface area contributed by atoms with E-state index in [1.807, 2.05) is 0 Å². The molecule has 2 rings (SSSR count). The van der Waals surface area contributed by atoms with E-state index in [2.05, 4.69) is 16.6 Å². The smallest absolute Gasteiger partial charge is 0.242 e. The van der Waals surface area contributed by atoms with E-state index in [0.717, 1.165) is 18.8 Å². The number of nitrogens with one attached hydrogen (secondary N) is 1. The van der Waals surface area contributed by atoms with Gasteiger partial charge in [-0.3, -0.25) is 4.98 Å². The molecule has 1 aromatic rings. The summed E-state index contributed by atoms with van der Waals surface area (Å²) in [6.45, 7) is 3.09. The first kappa shape index (κ1) is 15.4. The predicted octanol–water partition coefficient (Wildman–Crippen LogP) is 1.64. The minimum atomic E-state index is -3.45. The Morgan fingerprint density at radius 1 is 1.30 bits per heavy atom. The Hall–Kier alpha value is -0.980. The van der Waals surface area contributed by atoms with Gasteiger partial charge in [0.05, 0.1) is 5.69 Å². The van der Waals surface area contributed by atoms with Crippen LogP contribution < -0.4 is 10.5 Å². The van der Waals surface area contributed by atoms with Crippen LogP contribution in [0.4, 0.5) is 0 Å². The highest BCUT2D eigenvalue weighted by atomic mass is 32.2. The van der Waals surface area contributed by atoms with Crippen molar-refractivity contribution in [2.75, 3.05) is 6.54 Å². The Labute approximate surface area is 121 Å². The Morgan fingerprint density at radius 3 is 2.55 bits per heavy atom. The van der Waals surface area contributed by atoms with Gasteiger partial charge in [-0.1, -0.05) is 19.8 Å². The van der Waals surface area contributed by atoms with Gasteiger partial charge in [-0.05, 0) is 36.8 Å². The number of sulfonamides is 1. The Kier molecular flexibility index (Phi) is 5.12. The third kappa shape index (κ3) is 4.01. The van der Waals surface area contributed by atoms with Crippen LogP contribution in [-0.2, 0) is 16.6 Å². The summed E-state index contributed by atoms with van der Waals surface area (Å²) in [6, 6.07) is 3.21. The van der Waals surface area contributed by atoms with Crippen molar-refractivity contribution in [2.24, 2.45) is 17.6 Å². The third-order valence-electron chi connectivity index (χ3n) is 4.01. The molecule has 0 atom stereocenters. The lowest BCUT2D eigenvalue weighted by Gasteiger charge is -2.26. The summed E-state index contributed by atoms with van der Waals surface area (Å²) in [5.74, 6) is 1.23. The molecule has 1 heterocycles. The van der Waals surface area contributed by atoms with Crippen molar-refractivity contribution in [3.05, 3.63) is 24.0 Å². The number of aromatic nitrogens is 1. The quantitative estimate of drug-likeness (QED) is 0.865. The standard InChI is InChI=1S/C14H23N3O2S/c1-11-2-4-12(5-3-11)9-17-20(18,19)14-7-6-13(8-15)16-10-14/h6-7,10-12,17H,2-5,8-9,15H2,1H3. The number of hydrogen-bond acceptors (Lipinski definition) is 4. The normalized spacial score (nSPS) is 23.7. The zero-order valence-electron chi connectivity index (χ0n) is 11.9. The Morgan fingerprint density at radius 2 is 2.00 bits per heavy atom. The summed E-state index contributed by atoms with van der Waals surface area (Å²) in [5, 5.41) is 0. The van der Waals surface area contributed by atoms with E-state index in [9.17, 15) is 8.42 Å². The third-order valence-corrected chi connectivity index (χ3v) is 5.42. The second-order valence-corrected chi connectivity index (χ2v) is 7.43. The molecule has 0 unspecified atom stereocenters. The monoisotopic (exact) mass is 297 g/mol. The summed E-state index contributed by atoms with van der Waals surface area (Å²) < 4.78 is 27.0. The topological polar surface area (TPSA) is 85.1 Å². The lowest BCUT2D eigenvalue weighted by molar-refractivity contribution is 0.290. The fourth-order valence-electron chi connectivity index (χ4n) is 2.53. The summed E-state index contributed by atoms with van der Waals surface area (Å²) in [7, 11) is -3.45. The van der Waals surface area contributed by atoms with Crippen LogP contribution in [-0.4, -0.2) is 19.9 Å². The largest absolute Gasteiger partial charge is 0.325 e. The molecule has 6 heteroatoms. The van der Waals surface area contributed by atoms with Crippen LogP contribution in [0.15, 0.2) is 23.2 Å². The van der Waals surface area contributed by atoms with Gasteiger partial charge in [0.1, 0.15) is 4.90 Å². The van der Waals surface area contributed by atoms with Crippen LogP contribution in [0, 0.1) is 11.8 Å². The van der Waals surface area contributed by atoms with Crippen molar-refractivity contribution in [1.82, 2.24) is 9.71 Å². The summed E-state index contributed by atoms with van der Waals surface area (Å²) >= 11 is 0. The van der Waals surface area contributed by atoms with Crippen LogP contribution in [0.3, 0.4) is 0 Å². The lowest BCUT2D eigenvalue weighted by Crippen LogP contribution is -2.31. The molecule has 20 heavy (non-hydrogen) atoms. The molecule has 0 aliphatic heterocycles. The van der Waals surface area contributed by atoms with Gasteiger partial charge in [0.25, 0.3) is 0 Å². The second-order valence-electron chi connectivity index (χ2n) is 5.67. The van der Waals surface area contributed by atoms with Gasteiger partial charge in [0.2, 0.25) is 10.0 Å². The number of pyridine rings is 1. The van der Waals surface area contributed by atoms with E-state index in [1.165, 1.54) is 19.0 Å². The lowest BCUT2D eigenvalue weighted by atomic mass is 9.83. The average Bonchev–Trinajstić information content (AvgIpc) is 2.47. The first-order chi connectivity index (χ1) is 9.51. The van der Waals surface area contributed by atoms with E-state index in [1.54, 1.807) is 12.1 Å². The first-order valence-electron chi connectivity index (χ1n) is 7.16. The molecule has 1 saturated carbocycles. The van der Waals surface area contributed by atoms with Crippen LogP contribution >= 0.6 is 0 Å². The zero-order valence-corrected chi connectivity index (χ0v) is 12.7. The van der Waals surface area contributed by atoms with E-state index in [0.29, 0.717) is 24.7 Å². The molecule has 0 bridgehead atoms. The number of rotatable bonds is 5. The summed E-state index contributed by atoms with van der Waals surface area (Å²) in [6.07, 6.45) is 5.97. The molecule has 1 fully saturated rings. The van der Waals surface area contributed by atoms with Gasteiger partial charge in [-0.2, -0.15) is 0 Å². The maximum atomic E-state index is 12.2. The molecule has 0 amide bonds. The highest BCUT2D eigenvalue weighted by Gasteiger charge is 2.21. The molecule has 1 aliphatic rings. The molecule has 0 radical (unpaired) electrons. The maximum Gasteiger partial charge on any atom is 0.242 e. The van der Waals surface area contributed by atoms with Crippen molar-refractivity contribution >= 4 is 10.0 Å². The van der Waals surface area contributed by atoms with E-state index in [4.69, 9.17) is 5.73 Å². The number of nitrogens with zero attached hydrogens (tertiary/aromatic N) is 1. The minimum absolute atomic E-state index is 0.207. The number of nitrogens with two attached hydrogens (primary N) is 1. The summed E-state index contributed by atoms with van der Waals surface area (Å²) in [4.78, 5) is 4.23. The van der Waals surface area contributed by atoms with Crippen molar-refractivity contribution in [2.45, 2.75) is 44.0 Å². The molecule has 112 valence electrons. The number of hydrogen-bond donors (Lipinski definition) is 2. The first-order valence-corrected chi connectivity index (χ1v) is 8.64. The van der Waals surface area contributed by atoms with E-state index in [-0.39, 0.29) is 4.90 Å².